The molecule has 2 rings (SSSR count). The van der Waals surface area contributed by atoms with Crippen LogP contribution in [0.2, 0.25) is 0 Å². The summed E-state index contributed by atoms with van der Waals surface area (Å²) in [5, 5.41) is 6.44. The summed E-state index contributed by atoms with van der Waals surface area (Å²) in [6, 6.07) is 0.519. The van der Waals surface area contributed by atoms with Gasteiger partial charge >= 0.3 is 0 Å². The van der Waals surface area contributed by atoms with Gasteiger partial charge < -0.3 is 11.1 Å². The van der Waals surface area contributed by atoms with E-state index in [2.05, 4.69) is 41.4 Å². The number of guanidine groups is 1. The molecule has 3 N–H and O–H groups in total. The highest BCUT2D eigenvalue weighted by atomic mass is 32.1. The molecule has 1 aromatic rings. The summed E-state index contributed by atoms with van der Waals surface area (Å²) in [6.07, 6.45) is 5.02. The number of thiazole rings is 1. The molecule has 1 heterocycles. The fourth-order valence-corrected chi connectivity index (χ4v) is 3.15. The smallest absolute Gasteiger partial charge is 0.189 e. The van der Waals surface area contributed by atoms with E-state index in [1.54, 1.807) is 11.3 Å². The first-order chi connectivity index (χ1) is 8.95. The van der Waals surface area contributed by atoms with Crippen molar-refractivity contribution in [3.05, 3.63) is 16.1 Å². The van der Waals surface area contributed by atoms with Crippen LogP contribution in [0, 0.1) is 0 Å². The average molecular weight is 280 g/mol. The highest BCUT2D eigenvalue weighted by Gasteiger charge is 2.17. The molecular formula is C14H24N4S. The molecule has 4 nitrogen and oxygen atoms in total. The van der Waals surface area contributed by atoms with Gasteiger partial charge in [-0.1, -0.05) is 33.6 Å². The Morgan fingerprint density at radius 3 is 2.74 bits per heavy atom. The molecule has 106 valence electrons. The van der Waals surface area contributed by atoms with Crippen LogP contribution in [0.25, 0.3) is 0 Å². The van der Waals surface area contributed by atoms with Gasteiger partial charge in [0.15, 0.2) is 5.96 Å². The topological polar surface area (TPSA) is 63.3 Å². The number of aromatic nitrogens is 1. The highest BCUT2D eigenvalue weighted by Crippen LogP contribution is 2.24. The second kappa shape index (κ2) is 5.90. The zero-order chi connectivity index (χ0) is 13.9. The summed E-state index contributed by atoms with van der Waals surface area (Å²) in [5.41, 5.74) is 7.14. The first-order valence-corrected chi connectivity index (χ1v) is 7.84. The van der Waals surface area contributed by atoms with Gasteiger partial charge in [0.05, 0.1) is 12.2 Å². The molecule has 5 heteroatoms. The summed E-state index contributed by atoms with van der Waals surface area (Å²) < 4.78 is 0. The van der Waals surface area contributed by atoms with Crippen molar-refractivity contribution in [3.8, 4) is 0 Å². The van der Waals surface area contributed by atoms with E-state index in [-0.39, 0.29) is 5.41 Å². The van der Waals surface area contributed by atoms with Crippen molar-refractivity contribution in [1.29, 1.82) is 0 Å². The lowest BCUT2D eigenvalue weighted by atomic mass is 9.93. The third-order valence-corrected chi connectivity index (χ3v) is 4.25. The molecule has 0 aromatic carbocycles. The van der Waals surface area contributed by atoms with Crippen LogP contribution >= 0.6 is 11.3 Å². The highest BCUT2D eigenvalue weighted by molar-refractivity contribution is 7.09. The van der Waals surface area contributed by atoms with Crippen molar-refractivity contribution in [2.45, 2.75) is 64.5 Å². The number of hydrogen-bond acceptors (Lipinski definition) is 3. The van der Waals surface area contributed by atoms with E-state index in [9.17, 15) is 0 Å². The van der Waals surface area contributed by atoms with Gasteiger partial charge in [-0.05, 0) is 12.8 Å². The van der Waals surface area contributed by atoms with Crippen LogP contribution in [0.3, 0.4) is 0 Å². The first-order valence-electron chi connectivity index (χ1n) is 6.96. The molecule has 1 aliphatic rings. The molecule has 1 fully saturated rings. The Balaban J connectivity index is 1.88. The number of rotatable bonds is 3. The third-order valence-electron chi connectivity index (χ3n) is 3.41. The lowest BCUT2D eigenvalue weighted by Crippen LogP contribution is -2.38. The standard InChI is InChI=1S/C14H24N4S/c1-14(2,3)11-9-19-12(18-11)8-16-13(15)17-10-6-4-5-7-10/h9-10H,4-8H2,1-3H3,(H3,15,16,17). The monoisotopic (exact) mass is 280 g/mol. The van der Waals surface area contributed by atoms with Crippen LogP contribution in [-0.4, -0.2) is 17.0 Å². The average Bonchev–Trinajstić information content (AvgIpc) is 2.95. The van der Waals surface area contributed by atoms with Gasteiger partial charge in [-0.15, -0.1) is 11.3 Å². The lowest BCUT2D eigenvalue weighted by molar-refractivity contribution is 0.571. The molecular weight excluding hydrogens is 256 g/mol. The van der Waals surface area contributed by atoms with E-state index in [0.717, 1.165) is 10.7 Å². The minimum atomic E-state index is 0.103. The minimum absolute atomic E-state index is 0.103. The maximum atomic E-state index is 5.91. The molecule has 0 saturated heterocycles. The van der Waals surface area contributed by atoms with Crippen molar-refractivity contribution in [2.75, 3.05) is 0 Å². The van der Waals surface area contributed by atoms with Crippen LogP contribution in [0.15, 0.2) is 10.4 Å². The Kier molecular flexibility index (Phi) is 4.45. The Morgan fingerprint density at radius 2 is 2.16 bits per heavy atom. The molecule has 0 aliphatic heterocycles. The van der Waals surface area contributed by atoms with Crippen LogP contribution < -0.4 is 11.1 Å². The quantitative estimate of drug-likeness (QED) is 0.661. The molecule has 1 saturated carbocycles. The normalized spacial score (nSPS) is 17.9. The number of nitrogens with one attached hydrogen (secondary N) is 1. The molecule has 1 aromatic heterocycles. The van der Waals surface area contributed by atoms with Crippen molar-refractivity contribution in [3.63, 3.8) is 0 Å². The minimum Gasteiger partial charge on any atom is -0.370 e. The molecule has 0 spiro atoms. The van der Waals surface area contributed by atoms with Crippen LogP contribution in [0.1, 0.15) is 57.2 Å². The van der Waals surface area contributed by atoms with Gasteiger partial charge in [-0.3, -0.25) is 0 Å². The van der Waals surface area contributed by atoms with Gasteiger partial charge in [0.1, 0.15) is 5.01 Å². The number of hydrogen-bond donors (Lipinski definition) is 2. The van der Waals surface area contributed by atoms with Crippen molar-refractivity contribution in [1.82, 2.24) is 10.3 Å². The zero-order valence-corrected chi connectivity index (χ0v) is 12.9. The van der Waals surface area contributed by atoms with E-state index >= 15 is 0 Å². The first kappa shape index (κ1) is 14.3. The Morgan fingerprint density at radius 1 is 1.47 bits per heavy atom. The van der Waals surface area contributed by atoms with Gasteiger partial charge in [0.2, 0.25) is 0 Å². The zero-order valence-electron chi connectivity index (χ0n) is 12.1. The van der Waals surface area contributed by atoms with Crippen LogP contribution in [-0.2, 0) is 12.0 Å². The molecule has 1 aliphatic carbocycles. The maximum Gasteiger partial charge on any atom is 0.189 e. The molecule has 0 radical (unpaired) electrons. The van der Waals surface area contributed by atoms with E-state index in [1.807, 2.05) is 0 Å². The van der Waals surface area contributed by atoms with Gasteiger partial charge in [-0.2, -0.15) is 0 Å². The van der Waals surface area contributed by atoms with Gasteiger partial charge in [-0.25, -0.2) is 9.98 Å². The fourth-order valence-electron chi connectivity index (χ4n) is 2.21. The fraction of sp³-hybridized carbons (Fsp3) is 0.714. The van der Waals surface area contributed by atoms with Crippen molar-refractivity contribution in [2.24, 2.45) is 10.7 Å². The second-order valence-corrected chi connectivity index (χ2v) is 7.15. The molecule has 19 heavy (non-hydrogen) atoms. The Bertz CT molecular complexity index is 439. The Labute approximate surface area is 119 Å². The van der Waals surface area contributed by atoms with Gasteiger partial charge in [0.25, 0.3) is 0 Å². The molecule has 0 bridgehead atoms. The third kappa shape index (κ3) is 4.20. The molecule has 0 atom stereocenters. The van der Waals surface area contributed by atoms with Gasteiger partial charge in [0, 0.05) is 16.8 Å². The SMILES string of the molecule is CC(C)(C)c1csc(CN=C(N)NC2CCCC2)n1. The number of nitrogens with two attached hydrogens (primary N) is 1. The van der Waals surface area contributed by atoms with Crippen molar-refractivity contribution >= 4 is 17.3 Å². The van der Waals surface area contributed by atoms with E-state index in [1.165, 1.54) is 25.7 Å². The summed E-state index contributed by atoms with van der Waals surface area (Å²) in [5.74, 6) is 0.555. The van der Waals surface area contributed by atoms with Crippen molar-refractivity contribution < 1.29 is 0 Å². The summed E-state index contributed by atoms with van der Waals surface area (Å²) >= 11 is 1.66. The predicted octanol–water partition coefficient (Wildman–Crippen LogP) is 2.79. The maximum absolute atomic E-state index is 5.91. The Hall–Kier alpha value is -1.10. The molecule has 0 unspecified atom stereocenters. The molecule has 0 amide bonds. The number of aliphatic imine (C=N–C) groups is 1. The summed E-state index contributed by atoms with van der Waals surface area (Å²) in [7, 11) is 0. The lowest BCUT2D eigenvalue weighted by Gasteiger charge is -2.14. The van der Waals surface area contributed by atoms with Crippen LogP contribution in [0.5, 0.6) is 0 Å². The van der Waals surface area contributed by atoms with Crippen LogP contribution in [0.4, 0.5) is 0 Å². The van der Waals surface area contributed by atoms with E-state index in [4.69, 9.17) is 5.73 Å². The summed E-state index contributed by atoms with van der Waals surface area (Å²) in [4.78, 5) is 9.00. The van der Waals surface area contributed by atoms with E-state index < -0.39 is 0 Å². The largest absolute Gasteiger partial charge is 0.370 e. The van der Waals surface area contributed by atoms with E-state index in [0.29, 0.717) is 18.5 Å². The predicted molar refractivity (Wildman–Crippen MR) is 81.5 cm³/mol. The number of nitrogens with zero attached hydrogens (tertiary/aromatic N) is 2. The summed E-state index contributed by atoms with van der Waals surface area (Å²) in [6.45, 7) is 7.09. The second-order valence-electron chi connectivity index (χ2n) is 6.20.